The zero-order valence-corrected chi connectivity index (χ0v) is 19.2. The van der Waals surface area contributed by atoms with Crippen LogP contribution < -0.4 is 9.47 Å². The Bertz CT molecular complexity index is 1030. The minimum Gasteiger partial charge on any atom is -0.496 e. The molecule has 1 fully saturated rings. The average Bonchev–Trinajstić information content (AvgIpc) is 3.08. The molecule has 0 saturated carbocycles. The van der Waals surface area contributed by atoms with Gasteiger partial charge in [0.15, 0.2) is 23.6 Å². The van der Waals surface area contributed by atoms with Gasteiger partial charge >= 0.3 is 5.97 Å². The van der Waals surface area contributed by atoms with Gasteiger partial charge in [0.25, 0.3) is 0 Å². The van der Waals surface area contributed by atoms with Gasteiger partial charge in [0.2, 0.25) is 11.4 Å². The fraction of sp³-hybridized carbons (Fsp3) is 0.522. The number of benzene rings is 1. The molecule has 4 rings (SSSR count). The first-order chi connectivity index (χ1) is 15.8. The molecule has 3 aliphatic rings. The van der Waals surface area contributed by atoms with Crippen molar-refractivity contribution in [1.82, 2.24) is 0 Å². The molecule has 1 N–H and O–H groups in total. The van der Waals surface area contributed by atoms with E-state index in [0.717, 1.165) is 19.3 Å². The maximum atomic E-state index is 13.6. The Hall–Kier alpha value is -2.62. The molecule has 1 unspecified atom stereocenters. The normalized spacial score (nSPS) is 24.3. The van der Waals surface area contributed by atoms with E-state index in [-0.39, 0.29) is 77.1 Å². The van der Waals surface area contributed by atoms with E-state index in [1.807, 2.05) is 0 Å². The summed E-state index contributed by atoms with van der Waals surface area (Å²) in [5.41, 5.74) is -1.58. The fourth-order valence-corrected chi connectivity index (χ4v) is 4.78. The minimum absolute atomic E-state index is 0.0358. The van der Waals surface area contributed by atoms with Crippen molar-refractivity contribution < 1.29 is 43.2 Å². The first-order valence-corrected chi connectivity index (χ1v) is 11.2. The maximum Gasteiger partial charge on any atom is 0.337 e. The molecule has 2 aliphatic heterocycles. The number of aromatic carboxylic acids is 1. The molecule has 1 saturated heterocycles. The monoisotopic (exact) mass is 480 g/mol. The maximum absolute atomic E-state index is 13.6. The zero-order valence-electron chi connectivity index (χ0n) is 18.4. The largest absolute Gasteiger partial charge is 0.496 e. The van der Waals surface area contributed by atoms with Crippen LogP contribution in [0.5, 0.6) is 11.5 Å². The molecule has 9 nitrogen and oxygen atoms in total. The number of carbonyl (C=O) groups excluding carboxylic acids is 2. The number of hydrogen-bond acceptors (Lipinski definition) is 8. The lowest BCUT2D eigenvalue weighted by atomic mass is 9.83. The summed E-state index contributed by atoms with van der Waals surface area (Å²) in [6.07, 6.45) is 3.83. The quantitative estimate of drug-likeness (QED) is 0.585. The summed E-state index contributed by atoms with van der Waals surface area (Å²) in [5, 5.41) is 9.54. The highest BCUT2D eigenvalue weighted by Gasteiger charge is 2.56. The lowest BCUT2D eigenvalue weighted by Crippen LogP contribution is -2.45. The van der Waals surface area contributed by atoms with Crippen molar-refractivity contribution >= 4 is 29.1 Å². The Morgan fingerprint density at radius 1 is 1.30 bits per heavy atom. The van der Waals surface area contributed by atoms with Crippen LogP contribution >= 0.6 is 11.6 Å². The van der Waals surface area contributed by atoms with Gasteiger partial charge in [-0.15, -0.1) is 0 Å². The number of fused-ring (bicyclic) bond motifs is 1. The van der Waals surface area contributed by atoms with Crippen LogP contribution in [0.25, 0.3) is 0 Å². The van der Waals surface area contributed by atoms with Gasteiger partial charge in [0, 0.05) is 31.1 Å². The SMILES string of the molecule is COC1=CC(=O)CC[C@]12Oc1c(Cl)c(C(=O)O)c(C)c(OCCOC3CCCCO3)c1C2=O. The van der Waals surface area contributed by atoms with Gasteiger partial charge in [-0.1, -0.05) is 11.6 Å². The molecule has 1 aromatic carbocycles. The van der Waals surface area contributed by atoms with Crippen molar-refractivity contribution in [2.75, 3.05) is 26.9 Å². The molecule has 178 valence electrons. The van der Waals surface area contributed by atoms with Crippen molar-refractivity contribution in [3.8, 4) is 11.5 Å². The molecule has 0 radical (unpaired) electrons. The highest BCUT2D eigenvalue weighted by molar-refractivity contribution is 6.37. The minimum atomic E-state index is -1.59. The molecule has 0 aromatic heterocycles. The van der Waals surface area contributed by atoms with Crippen LogP contribution in [0.15, 0.2) is 11.8 Å². The third-order valence-electron chi connectivity index (χ3n) is 6.08. The van der Waals surface area contributed by atoms with E-state index in [0.29, 0.717) is 6.61 Å². The van der Waals surface area contributed by atoms with E-state index in [9.17, 15) is 19.5 Å². The van der Waals surface area contributed by atoms with E-state index < -0.39 is 17.4 Å². The fourth-order valence-electron chi connectivity index (χ4n) is 4.43. The first kappa shape index (κ1) is 23.5. The molecular weight excluding hydrogens is 456 g/mol. The lowest BCUT2D eigenvalue weighted by molar-refractivity contribution is -0.165. The molecule has 2 heterocycles. The number of hydrogen-bond donors (Lipinski definition) is 1. The summed E-state index contributed by atoms with van der Waals surface area (Å²) in [7, 11) is 1.34. The van der Waals surface area contributed by atoms with Gasteiger partial charge in [-0.05, 0) is 26.2 Å². The average molecular weight is 481 g/mol. The van der Waals surface area contributed by atoms with Crippen molar-refractivity contribution in [3.63, 3.8) is 0 Å². The Morgan fingerprint density at radius 2 is 2.09 bits per heavy atom. The molecule has 2 atom stereocenters. The molecule has 1 aliphatic carbocycles. The van der Waals surface area contributed by atoms with E-state index in [1.165, 1.54) is 20.1 Å². The van der Waals surface area contributed by atoms with Crippen molar-refractivity contribution in [3.05, 3.63) is 33.5 Å². The number of carboxylic acid groups (broad SMARTS) is 1. The standard InChI is InChI=1S/C23H25ClO9/c1-12-16(22(27)28)18(24)20-17(19(12)32-10-9-31-15-5-3-4-8-30-15)21(26)23(33-20)7-6-13(25)11-14(23)29-2/h11,15H,3-10H2,1-2H3,(H,27,28)/t15?,23-/m0/s1. The summed E-state index contributed by atoms with van der Waals surface area (Å²) < 4.78 is 28.4. The number of ether oxygens (including phenoxy) is 5. The van der Waals surface area contributed by atoms with Gasteiger partial charge < -0.3 is 28.8 Å². The molecule has 10 heteroatoms. The second kappa shape index (κ2) is 9.32. The number of Topliss-reactive ketones (excluding diaryl/α,β-unsaturated/α-hetero) is 1. The first-order valence-electron chi connectivity index (χ1n) is 10.8. The molecule has 0 bridgehead atoms. The second-order valence-electron chi connectivity index (χ2n) is 8.10. The highest BCUT2D eigenvalue weighted by Crippen LogP contribution is 2.52. The predicted octanol–water partition coefficient (Wildman–Crippen LogP) is 3.48. The van der Waals surface area contributed by atoms with Crippen molar-refractivity contribution in [2.45, 2.75) is 50.9 Å². The van der Waals surface area contributed by atoms with Gasteiger partial charge in [-0.25, -0.2) is 4.79 Å². The van der Waals surface area contributed by atoms with Crippen LogP contribution in [0.3, 0.4) is 0 Å². The smallest absolute Gasteiger partial charge is 0.337 e. The van der Waals surface area contributed by atoms with E-state index >= 15 is 0 Å². The molecule has 33 heavy (non-hydrogen) atoms. The summed E-state index contributed by atoms with van der Waals surface area (Å²) >= 11 is 6.39. The number of rotatable bonds is 7. The molecular formula is C23H25ClO9. The number of allylic oxidation sites excluding steroid dienone is 1. The van der Waals surface area contributed by atoms with E-state index in [2.05, 4.69) is 0 Å². The van der Waals surface area contributed by atoms with Crippen LogP contribution in [-0.2, 0) is 19.0 Å². The molecule has 1 aromatic rings. The number of methoxy groups -OCH3 is 1. The Balaban J connectivity index is 1.67. The van der Waals surface area contributed by atoms with E-state index in [4.69, 9.17) is 35.3 Å². The summed E-state index contributed by atoms with van der Waals surface area (Å²) in [6, 6.07) is 0. The van der Waals surface area contributed by atoms with Crippen LogP contribution in [0, 0.1) is 6.92 Å². The lowest BCUT2D eigenvalue weighted by Gasteiger charge is -2.31. The number of halogens is 1. The molecule has 0 amide bonds. The zero-order chi connectivity index (χ0) is 23.8. The van der Waals surface area contributed by atoms with Gasteiger partial charge in [0.05, 0.1) is 24.3 Å². The van der Waals surface area contributed by atoms with Gasteiger partial charge in [-0.3, -0.25) is 9.59 Å². The Labute approximate surface area is 195 Å². The highest BCUT2D eigenvalue weighted by atomic mass is 35.5. The van der Waals surface area contributed by atoms with Crippen LogP contribution in [0.1, 0.15) is 58.4 Å². The number of carbonyl (C=O) groups is 3. The third-order valence-corrected chi connectivity index (χ3v) is 6.44. The van der Waals surface area contributed by atoms with E-state index in [1.54, 1.807) is 0 Å². The topological polar surface area (TPSA) is 118 Å². The van der Waals surface area contributed by atoms with Crippen molar-refractivity contribution in [2.24, 2.45) is 0 Å². The van der Waals surface area contributed by atoms with Crippen molar-refractivity contribution in [1.29, 1.82) is 0 Å². The molecule has 1 spiro atoms. The van der Waals surface area contributed by atoms with Crippen LogP contribution in [0.4, 0.5) is 0 Å². The number of carboxylic acids is 1. The predicted molar refractivity (Wildman–Crippen MR) is 115 cm³/mol. The van der Waals surface area contributed by atoms with Gasteiger partial charge in [0.1, 0.15) is 17.9 Å². The summed E-state index contributed by atoms with van der Waals surface area (Å²) in [5.74, 6) is -1.95. The number of ketones is 2. The van der Waals surface area contributed by atoms with Crippen LogP contribution in [0.2, 0.25) is 5.02 Å². The van der Waals surface area contributed by atoms with Crippen LogP contribution in [-0.4, -0.2) is 61.5 Å². The summed E-state index contributed by atoms with van der Waals surface area (Å²) in [4.78, 5) is 37.5. The Morgan fingerprint density at radius 3 is 2.76 bits per heavy atom. The second-order valence-corrected chi connectivity index (χ2v) is 8.48. The Kier molecular flexibility index (Phi) is 6.65. The summed E-state index contributed by atoms with van der Waals surface area (Å²) in [6.45, 7) is 2.40. The van der Waals surface area contributed by atoms with Gasteiger partial charge in [-0.2, -0.15) is 0 Å². The third kappa shape index (κ3) is 4.09.